The number of esters is 1. The predicted molar refractivity (Wildman–Crippen MR) is 127 cm³/mol. The second-order valence-corrected chi connectivity index (χ2v) is 9.54. The van der Waals surface area contributed by atoms with Gasteiger partial charge in [-0.15, -0.1) is 0 Å². The van der Waals surface area contributed by atoms with Crippen molar-refractivity contribution >= 4 is 27.6 Å². The molecule has 3 aromatic rings. The smallest absolute Gasteiger partial charge is 0.328 e. The first-order chi connectivity index (χ1) is 15.7. The fourth-order valence-corrected chi connectivity index (χ4v) is 4.45. The van der Waals surface area contributed by atoms with Crippen LogP contribution in [0.3, 0.4) is 0 Å². The molecule has 33 heavy (non-hydrogen) atoms. The van der Waals surface area contributed by atoms with Gasteiger partial charge in [0.15, 0.2) is 0 Å². The molecule has 1 amide bonds. The largest absolute Gasteiger partial charge is 0.467 e. The van der Waals surface area contributed by atoms with Gasteiger partial charge in [0.2, 0.25) is 0 Å². The van der Waals surface area contributed by atoms with Crippen LogP contribution in [-0.2, 0) is 26.0 Å². The number of nitrogens with zero attached hydrogens (tertiary/aromatic N) is 1. The summed E-state index contributed by atoms with van der Waals surface area (Å²) in [5, 5.41) is 2.70. The van der Waals surface area contributed by atoms with Crippen molar-refractivity contribution in [2.75, 3.05) is 18.5 Å². The maximum atomic E-state index is 12.9. The Bertz CT molecular complexity index is 1210. The average Bonchev–Trinajstić information content (AvgIpc) is 2.83. The first kappa shape index (κ1) is 24.0. The Morgan fingerprint density at radius 3 is 2.12 bits per heavy atom. The van der Waals surface area contributed by atoms with Gasteiger partial charge < -0.3 is 10.1 Å². The van der Waals surface area contributed by atoms with Crippen LogP contribution in [0.4, 0.5) is 5.69 Å². The molecule has 0 radical (unpaired) electrons. The van der Waals surface area contributed by atoms with Gasteiger partial charge in [0.25, 0.3) is 15.9 Å². The number of hydrogen-bond acceptors (Lipinski definition) is 5. The van der Waals surface area contributed by atoms with Crippen LogP contribution in [0.1, 0.15) is 21.5 Å². The minimum atomic E-state index is -3.74. The van der Waals surface area contributed by atoms with Crippen molar-refractivity contribution in [2.45, 2.75) is 24.3 Å². The van der Waals surface area contributed by atoms with E-state index in [2.05, 4.69) is 5.32 Å². The lowest BCUT2D eigenvalue weighted by atomic mass is 10.1. The predicted octanol–water partition coefficient (Wildman–Crippen LogP) is 3.33. The van der Waals surface area contributed by atoms with Crippen LogP contribution in [-0.4, -0.2) is 40.5 Å². The van der Waals surface area contributed by atoms with E-state index >= 15 is 0 Å². The molecule has 1 N–H and O–H groups in total. The number of aryl methyl sites for hydroxylation is 1. The summed E-state index contributed by atoms with van der Waals surface area (Å²) in [6.07, 6.45) is 0.287. The minimum Gasteiger partial charge on any atom is -0.467 e. The first-order valence-electron chi connectivity index (χ1n) is 10.3. The van der Waals surface area contributed by atoms with Crippen molar-refractivity contribution in [3.63, 3.8) is 0 Å². The van der Waals surface area contributed by atoms with Gasteiger partial charge in [0.05, 0.1) is 17.7 Å². The van der Waals surface area contributed by atoms with E-state index in [-0.39, 0.29) is 11.3 Å². The Morgan fingerprint density at radius 1 is 0.939 bits per heavy atom. The number of anilines is 1. The van der Waals surface area contributed by atoms with E-state index in [1.54, 1.807) is 36.4 Å². The lowest BCUT2D eigenvalue weighted by Crippen LogP contribution is -2.43. The normalized spacial score (nSPS) is 12.0. The fourth-order valence-electron chi connectivity index (χ4n) is 3.26. The Morgan fingerprint density at radius 2 is 1.55 bits per heavy atom. The zero-order chi connectivity index (χ0) is 24.0. The fraction of sp³-hybridized carbons (Fsp3) is 0.200. The van der Waals surface area contributed by atoms with Crippen LogP contribution in [0, 0.1) is 6.92 Å². The molecule has 0 aromatic heterocycles. The molecular weight excluding hydrogens is 440 g/mol. The van der Waals surface area contributed by atoms with E-state index in [4.69, 9.17) is 4.74 Å². The van der Waals surface area contributed by atoms with E-state index < -0.39 is 27.9 Å². The minimum absolute atomic E-state index is 0.180. The number of amides is 1. The Balaban J connectivity index is 1.74. The summed E-state index contributed by atoms with van der Waals surface area (Å²) in [6, 6.07) is 21.2. The number of hydrogen-bond donors (Lipinski definition) is 1. The van der Waals surface area contributed by atoms with E-state index in [9.17, 15) is 18.0 Å². The molecule has 8 heteroatoms. The zero-order valence-corrected chi connectivity index (χ0v) is 19.5. The summed E-state index contributed by atoms with van der Waals surface area (Å²) < 4.78 is 31.8. The van der Waals surface area contributed by atoms with Crippen LogP contribution >= 0.6 is 0 Å². The standard InChI is InChI=1S/C25H26N2O5S/c1-18-9-15-22(16-10-18)33(30,31)27(2)21-13-11-20(12-14-21)24(28)26-23(25(29)32-3)17-19-7-5-4-6-8-19/h4-16,23H,17H2,1-3H3,(H,26,28). The number of rotatable bonds is 8. The third kappa shape index (κ3) is 5.78. The highest BCUT2D eigenvalue weighted by Gasteiger charge is 2.24. The first-order valence-corrected chi connectivity index (χ1v) is 11.7. The topological polar surface area (TPSA) is 92.8 Å². The molecule has 0 saturated heterocycles. The quantitative estimate of drug-likeness (QED) is 0.514. The molecule has 0 aliphatic carbocycles. The van der Waals surface area contributed by atoms with E-state index in [0.29, 0.717) is 11.3 Å². The van der Waals surface area contributed by atoms with Crippen molar-refractivity contribution in [1.29, 1.82) is 0 Å². The summed E-state index contributed by atoms with van der Waals surface area (Å²) in [6.45, 7) is 1.88. The van der Waals surface area contributed by atoms with Gasteiger partial charge in [-0.2, -0.15) is 0 Å². The number of methoxy groups -OCH3 is 1. The molecule has 1 atom stereocenters. The van der Waals surface area contributed by atoms with Crippen molar-refractivity contribution in [1.82, 2.24) is 5.32 Å². The number of nitrogens with one attached hydrogen (secondary N) is 1. The lowest BCUT2D eigenvalue weighted by Gasteiger charge is -2.20. The summed E-state index contributed by atoms with van der Waals surface area (Å²) in [5.74, 6) is -1.01. The van der Waals surface area contributed by atoms with Crippen LogP contribution in [0.2, 0.25) is 0 Å². The third-order valence-corrected chi connectivity index (χ3v) is 7.05. The molecule has 3 rings (SSSR count). The number of carbonyl (C=O) groups is 2. The molecule has 3 aromatic carbocycles. The molecule has 172 valence electrons. The summed E-state index contributed by atoms with van der Waals surface area (Å²) in [5.41, 5.74) is 2.54. The molecule has 0 saturated carbocycles. The maximum absolute atomic E-state index is 12.9. The van der Waals surface area contributed by atoms with Crippen molar-refractivity contribution in [2.24, 2.45) is 0 Å². The van der Waals surface area contributed by atoms with Crippen LogP contribution in [0.5, 0.6) is 0 Å². The van der Waals surface area contributed by atoms with Gasteiger partial charge in [-0.1, -0.05) is 48.0 Å². The third-order valence-electron chi connectivity index (χ3n) is 5.25. The van der Waals surface area contributed by atoms with Gasteiger partial charge in [-0.05, 0) is 48.9 Å². The second kappa shape index (κ2) is 10.3. The number of carbonyl (C=O) groups excluding carboxylic acids is 2. The molecule has 0 bridgehead atoms. The molecule has 7 nitrogen and oxygen atoms in total. The second-order valence-electron chi connectivity index (χ2n) is 7.57. The highest BCUT2D eigenvalue weighted by Crippen LogP contribution is 2.23. The summed E-state index contributed by atoms with van der Waals surface area (Å²) >= 11 is 0. The molecule has 0 aliphatic heterocycles. The molecular formula is C25H26N2O5S. The summed E-state index contributed by atoms with van der Waals surface area (Å²) in [4.78, 5) is 25.1. The van der Waals surface area contributed by atoms with Gasteiger partial charge >= 0.3 is 5.97 Å². The van der Waals surface area contributed by atoms with Crippen LogP contribution < -0.4 is 9.62 Å². The Kier molecular flexibility index (Phi) is 7.50. The van der Waals surface area contributed by atoms with E-state index in [1.165, 1.54) is 26.3 Å². The van der Waals surface area contributed by atoms with Crippen molar-refractivity contribution < 1.29 is 22.7 Å². The van der Waals surface area contributed by atoms with E-state index in [1.807, 2.05) is 37.3 Å². The molecule has 1 unspecified atom stereocenters. The Labute approximate surface area is 194 Å². The highest BCUT2D eigenvalue weighted by molar-refractivity contribution is 7.92. The molecule has 0 aliphatic rings. The van der Waals surface area contributed by atoms with Crippen LogP contribution in [0.15, 0.2) is 83.8 Å². The Hall–Kier alpha value is -3.65. The highest BCUT2D eigenvalue weighted by atomic mass is 32.2. The monoisotopic (exact) mass is 466 g/mol. The lowest BCUT2D eigenvalue weighted by molar-refractivity contribution is -0.142. The molecule has 0 fully saturated rings. The zero-order valence-electron chi connectivity index (χ0n) is 18.7. The SMILES string of the molecule is COC(=O)C(Cc1ccccc1)NC(=O)c1ccc(N(C)S(=O)(=O)c2ccc(C)cc2)cc1. The van der Waals surface area contributed by atoms with Gasteiger partial charge in [0.1, 0.15) is 6.04 Å². The van der Waals surface area contributed by atoms with Crippen LogP contribution in [0.25, 0.3) is 0 Å². The van der Waals surface area contributed by atoms with E-state index in [0.717, 1.165) is 15.4 Å². The molecule has 0 spiro atoms. The molecule has 0 heterocycles. The van der Waals surface area contributed by atoms with Gasteiger partial charge in [-0.25, -0.2) is 13.2 Å². The van der Waals surface area contributed by atoms with Crippen molar-refractivity contribution in [3.8, 4) is 0 Å². The number of ether oxygens (including phenoxy) is 1. The average molecular weight is 467 g/mol. The van der Waals surface area contributed by atoms with Crippen molar-refractivity contribution in [3.05, 3.63) is 95.6 Å². The van der Waals surface area contributed by atoms with Gasteiger partial charge in [-0.3, -0.25) is 9.10 Å². The van der Waals surface area contributed by atoms with Gasteiger partial charge in [0, 0.05) is 19.0 Å². The number of benzene rings is 3. The maximum Gasteiger partial charge on any atom is 0.328 e. The number of sulfonamides is 1. The summed E-state index contributed by atoms with van der Waals surface area (Å²) in [7, 11) is -1.01.